The monoisotopic (exact) mass is 425 g/mol. The van der Waals surface area contributed by atoms with E-state index in [0.717, 1.165) is 22.8 Å². The Morgan fingerprint density at radius 2 is 1.96 bits per heavy atom. The van der Waals surface area contributed by atoms with Gasteiger partial charge in [-0.1, -0.05) is 27.2 Å². The lowest BCUT2D eigenvalue weighted by molar-refractivity contribution is -0.126. The van der Waals surface area contributed by atoms with E-state index in [1.54, 1.807) is 18.2 Å². The summed E-state index contributed by atoms with van der Waals surface area (Å²) in [5.74, 6) is -2.95. The summed E-state index contributed by atoms with van der Waals surface area (Å²) >= 11 is 3.29. The van der Waals surface area contributed by atoms with Crippen molar-refractivity contribution >= 4 is 45.3 Å². The molecule has 2 N–H and O–H groups in total. The molecule has 0 spiro atoms. The van der Waals surface area contributed by atoms with Gasteiger partial charge in [0.25, 0.3) is 11.8 Å². The minimum atomic E-state index is -0.972. The van der Waals surface area contributed by atoms with Gasteiger partial charge in [0.1, 0.15) is 17.8 Å². The summed E-state index contributed by atoms with van der Waals surface area (Å²) in [6.07, 6.45) is -0.230. The third kappa shape index (κ3) is 5.92. The smallest absolute Gasteiger partial charge is 0.270 e. The minimum absolute atomic E-state index is 0.205. The van der Waals surface area contributed by atoms with Crippen molar-refractivity contribution in [1.29, 1.82) is 0 Å². The van der Waals surface area contributed by atoms with Crippen molar-refractivity contribution in [3.63, 3.8) is 0 Å². The van der Waals surface area contributed by atoms with Crippen LogP contribution in [0.3, 0.4) is 0 Å². The number of carbonyl (C=O) groups is 2. The van der Waals surface area contributed by atoms with Crippen molar-refractivity contribution in [3.05, 3.63) is 58.6 Å². The van der Waals surface area contributed by atoms with E-state index in [4.69, 9.17) is 4.84 Å². The maximum Gasteiger partial charge on any atom is 0.270 e. The van der Waals surface area contributed by atoms with E-state index >= 15 is 0 Å². The number of hydrogen-bond donors (Lipinski definition) is 2. The summed E-state index contributed by atoms with van der Waals surface area (Å²) in [5.41, 5.74) is 0.358. The van der Waals surface area contributed by atoms with Crippen LogP contribution in [0.15, 0.2) is 52.1 Å². The highest BCUT2D eigenvalue weighted by Gasteiger charge is 2.14. The van der Waals surface area contributed by atoms with Crippen molar-refractivity contribution in [2.24, 2.45) is 5.16 Å². The van der Waals surface area contributed by atoms with Crippen LogP contribution in [0.25, 0.3) is 0 Å². The van der Waals surface area contributed by atoms with Crippen LogP contribution in [0.2, 0.25) is 0 Å². The second kappa shape index (κ2) is 9.04. The van der Waals surface area contributed by atoms with Crippen LogP contribution in [0.1, 0.15) is 6.92 Å². The van der Waals surface area contributed by atoms with Gasteiger partial charge in [-0.05, 0) is 37.3 Å². The number of hydrogen-bond acceptors (Lipinski definition) is 4. The Kier molecular flexibility index (Phi) is 6.79. The van der Waals surface area contributed by atoms with Gasteiger partial charge in [-0.3, -0.25) is 9.59 Å². The average Bonchev–Trinajstić information content (AvgIpc) is 2.57. The molecule has 2 aromatic rings. The van der Waals surface area contributed by atoms with E-state index < -0.39 is 29.6 Å². The normalized spacial score (nSPS) is 11.8. The fraction of sp³-hybridized carbons (Fsp3) is 0.118. The topological polar surface area (TPSA) is 79.8 Å². The third-order valence-corrected chi connectivity index (χ3v) is 3.53. The summed E-state index contributed by atoms with van der Waals surface area (Å²) in [7, 11) is 0. The molecule has 2 amide bonds. The molecule has 0 aliphatic rings. The fourth-order valence-electron chi connectivity index (χ4n) is 1.78. The predicted octanol–water partition coefficient (Wildman–Crippen LogP) is 3.70. The largest absolute Gasteiger partial charge is 0.383 e. The molecule has 0 aliphatic heterocycles. The van der Waals surface area contributed by atoms with Gasteiger partial charge in [0, 0.05) is 16.2 Å². The minimum Gasteiger partial charge on any atom is -0.383 e. The number of anilines is 2. The van der Waals surface area contributed by atoms with Crippen LogP contribution in [0, 0.1) is 11.6 Å². The van der Waals surface area contributed by atoms with Crippen LogP contribution < -0.4 is 10.6 Å². The molecule has 0 aliphatic carbocycles. The lowest BCUT2D eigenvalue weighted by Gasteiger charge is -2.10. The summed E-state index contributed by atoms with van der Waals surface area (Å²) in [6.45, 7) is 1.45. The Morgan fingerprint density at radius 1 is 1.19 bits per heavy atom. The number of halogens is 3. The van der Waals surface area contributed by atoms with E-state index in [2.05, 4.69) is 31.7 Å². The molecule has 9 heteroatoms. The predicted molar refractivity (Wildman–Crippen MR) is 96.8 cm³/mol. The van der Waals surface area contributed by atoms with Gasteiger partial charge >= 0.3 is 0 Å². The molecule has 26 heavy (non-hydrogen) atoms. The Bertz CT molecular complexity index is 846. The molecule has 0 bridgehead atoms. The van der Waals surface area contributed by atoms with Gasteiger partial charge in [-0.2, -0.15) is 0 Å². The first-order chi connectivity index (χ1) is 12.3. The number of benzene rings is 2. The van der Waals surface area contributed by atoms with Gasteiger partial charge < -0.3 is 15.5 Å². The summed E-state index contributed by atoms with van der Waals surface area (Å²) in [4.78, 5) is 28.5. The first kappa shape index (κ1) is 19.5. The van der Waals surface area contributed by atoms with Gasteiger partial charge in [0.15, 0.2) is 0 Å². The molecule has 136 valence electrons. The van der Waals surface area contributed by atoms with E-state index in [0.29, 0.717) is 11.8 Å². The molecule has 0 saturated heterocycles. The Hall–Kier alpha value is -2.81. The van der Waals surface area contributed by atoms with Gasteiger partial charge in [0.2, 0.25) is 6.10 Å². The lowest BCUT2D eigenvalue weighted by Crippen LogP contribution is -2.26. The molecule has 0 radical (unpaired) electrons. The number of amides is 2. The number of carbonyl (C=O) groups excluding carboxylic acids is 2. The van der Waals surface area contributed by atoms with E-state index in [1.807, 2.05) is 6.07 Å². The van der Waals surface area contributed by atoms with Gasteiger partial charge in [-0.25, -0.2) is 8.78 Å². The molecule has 2 rings (SSSR count). The molecule has 2 aromatic carbocycles. The molecule has 1 unspecified atom stereocenters. The van der Waals surface area contributed by atoms with E-state index in [9.17, 15) is 18.4 Å². The van der Waals surface area contributed by atoms with Crippen molar-refractivity contribution in [2.75, 3.05) is 10.6 Å². The van der Waals surface area contributed by atoms with Crippen LogP contribution >= 0.6 is 15.9 Å². The van der Waals surface area contributed by atoms with Crippen LogP contribution in [-0.4, -0.2) is 24.1 Å². The second-order valence-corrected chi connectivity index (χ2v) is 6.01. The number of oxime groups is 1. The summed E-state index contributed by atoms with van der Waals surface area (Å²) in [6, 6.07) is 9.68. The first-order valence-electron chi connectivity index (χ1n) is 7.37. The van der Waals surface area contributed by atoms with Crippen molar-refractivity contribution in [1.82, 2.24) is 0 Å². The average molecular weight is 426 g/mol. The zero-order valence-corrected chi connectivity index (χ0v) is 15.1. The standard InChI is InChI=1S/C17H14BrF2N3O3/c1-10(17(25)22-13-4-2-3-11(18)7-13)26-21-9-16(24)23-15-6-5-12(19)8-14(15)20/h2-10H,1H3,(H,22,25)(H,23,24)/b21-9+. The molecule has 6 nitrogen and oxygen atoms in total. The quantitative estimate of drug-likeness (QED) is 0.546. The van der Waals surface area contributed by atoms with Crippen molar-refractivity contribution in [2.45, 2.75) is 13.0 Å². The summed E-state index contributed by atoms with van der Waals surface area (Å²) < 4.78 is 27.0. The van der Waals surface area contributed by atoms with Crippen molar-refractivity contribution < 1.29 is 23.2 Å². The number of rotatable bonds is 6. The zero-order chi connectivity index (χ0) is 19.1. The molecular formula is C17H14BrF2N3O3. The van der Waals surface area contributed by atoms with E-state index in [1.165, 1.54) is 6.92 Å². The molecular weight excluding hydrogens is 412 g/mol. The lowest BCUT2D eigenvalue weighted by atomic mass is 10.3. The highest BCUT2D eigenvalue weighted by molar-refractivity contribution is 9.10. The number of nitrogens with zero attached hydrogens (tertiary/aromatic N) is 1. The summed E-state index contributed by atoms with van der Waals surface area (Å²) in [5, 5.41) is 8.18. The first-order valence-corrected chi connectivity index (χ1v) is 8.16. The van der Waals surface area contributed by atoms with Crippen molar-refractivity contribution in [3.8, 4) is 0 Å². The fourth-order valence-corrected chi connectivity index (χ4v) is 2.18. The third-order valence-electron chi connectivity index (χ3n) is 3.04. The number of nitrogens with one attached hydrogen (secondary N) is 2. The molecule has 0 heterocycles. The van der Waals surface area contributed by atoms with Gasteiger partial charge in [0.05, 0.1) is 5.69 Å². The molecule has 1 atom stereocenters. The second-order valence-electron chi connectivity index (χ2n) is 5.10. The SMILES string of the molecule is CC(O/N=C/C(=O)Nc1ccc(F)cc1F)C(=O)Nc1cccc(Br)c1. The molecule has 0 fully saturated rings. The Morgan fingerprint density at radius 3 is 2.65 bits per heavy atom. The zero-order valence-electron chi connectivity index (χ0n) is 13.5. The van der Waals surface area contributed by atoms with Gasteiger partial charge in [-0.15, -0.1) is 0 Å². The molecule has 0 aromatic heterocycles. The Labute approximate surface area is 156 Å². The highest BCUT2D eigenvalue weighted by atomic mass is 79.9. The molecule has 0 saturated carbocycles. The van der Waals surface area contributed by atoms with Crippen LogP contribution in [0.4, 0.5) is 20.2 Å². The maximum atomic E-state index is 13.4. The van der Waals surface area contributed by atoms with Crippen LogP contribution in [0.5, 0.6) is 0 Å². The Balaban J connectivity index is 1.84. The highest BCUT2D eigenvalue weighted by Crippen LogP contribution is 2.16. The maximum absolute atomic E-state index is 13.4. The van der Waals surface area contributed by atoms with E-state index in [-0.39, 0.29) is 5.69 Å². The van der Waals surface area contributed by atoms with Crippen LogP contribution in [-0.2, 0) is 14.4 Å².